The number of likely N-dealkylation sites (tertiary alicyclic amines) is 1. The number of amides is 1. The summed E-state index contributed by atoms with van der Waals surface area (Å²) in [5, 5.41) is 16.7. The van der Waals surface area contributed by atoms with Gasteiger partial charge in [-0.3, -0.25) is 14.7 Å². The fourth-order valence-corrected chi connectivity index (χ4v) is 3.66. The molecule has 146 valence electrons. The van der Waals surface area contributed by atoms with E-state index in [0.29, 0.717) is 41.8 Å². The normalized spacial score (nSPS) is 21.0. The molecule has 0 saturated carbocycles. The van der Waals surface area contributed by atoms with Crippen molar-refractivity contribution >= 4 is 28.9 Å². The Labute approximate surface area is 166 Å². The molecule has 1 fully saturated rings. The number of carbonyl (C=O) groups is 1. The van der Waals surface area contributed by atoms with E-state index in [4.69, 9.17) is 21.2 Å². The predicted octanol–water partition coefficient (Wildman–Crippen LogP) is 2.27. The zero-order chi connectivity index (χ0) is 19.7. The average Bonchev–Trinajstić information content (AvgIpc) is 3.25. The number of halogens is 1. The molecule has 1 aromatic heterocycles. The van der Waals surface area contributed by atoms with Gasteiger partial charge in [-0.25, -0.2) is 0 Å². The van der Waals surface area contributed by atoms with Gasteiger partial charge in [0.25, 0.3) is 5.91 Å². The number of phenolic OH excluding ortho intramolecular Hbond substituents is 1. The highest BCUT2D eigenvalue weighted by Gasteiger charge is 2.44. The van der Waals surface area contributed by atoms with Gasteiger partial charge < -0.3 is 20.0 Å². The lowest BCUT2D eigenvalue weighted by Gasteiger charge is -2.16. The maximum atomic E-state index is 12.6. The Hall–Kier alpha value is -2.84. The average molecular weight is 403 g/mol. The Bertz CT molecular complexity index is 936. The molecule has 1 amide bonds. The topological polar surface area (TPSA) is 96.3 Å². The van der Waals surface area contributed by atoms with Crippen LogP contribution in [0.4, 0.5) is 5.69 Å². The van der Waals surface area contributed by atoms with Crippen LogP contribution in [-0.2, 0) is 16.2 Å². The van der Waals surface area contributed by atoms with Crippen molar-refractivity contribution in [3.05, 3.63) is 47.2 Å². The lowest BCUT2D eigenvalue weighted by atomic mass is 10.0. The number of aromatic nitrogens is 1. The largest absolute Gasteiger partial charge is 0.506 e. The standard InChI is InChI=1S/C19H19ClN4O4/c1-27-13-5-12(6-21-7-13)22-19(26)18-14-9-24(10-17(14)28-23-18)8-11-2-3-16(25)15(20)4-11/h2-7,14,17,25H,8-10H2,1H3,(H,22,26)/t14-,17+/m0/s1. The number of ether oxygens (including phenoxy) is 1. The molecule has 1 saturated heterocycles. The molecule has 3 heterocycles. The van der Waals surface area contributed by atoms with Gasteiger partial charge >= 0.3 is 0 Å². The Morgan fingerprint density at radius 1 is 1.39 bits per heavy atom. The van der Waals surface area contributed by atoms with Crippen LogP contribution in [0.2, 0.25) is 5.02 Å². The molecule has 0 aliphatic carbocycles. The number of carbonyl (C=O) groups excluding carboxylic acids is 1. The van der Waals surface area contributed by atoms with Crippen LogP contribution in [0, 0.1) is 5.92 Å². The third-order valence-corrected chi connectivity index (χ3v) is 5.14. The van der Waals surface area contributed by atoms with Crippen molar-refractivity contribution in [2.75, 3.05) is 25.5 Å². The van der Waals surface area contributed by atoms with Crippen molar-refractivity contribution in [3.8, 4) is 11.5 Å². The van der Waals surface area contributed by atoms with E-state index in [0.717, 1.165) is 5.56 Å². The zero-order valence-corrected chi connectivity index (χ0v) is 15.9. The number of fused-ring (bicyclic) bond motifs is 1. The van der Waals surface area contributed by atoms with E-state index >= 15 is 0 Å². The van der Waals surface area contributed by atoms with E-state index in [1.165, 1.54) is 7.11 Å². The minimum Gasteiger partial charge on any atom is -0.506 e. The van der Waals surface area contributed by atoms with Crippen LogP contribution in [-0.4, -0.2) is 52.9 Å². The maximum Gasteiger partial charge on any atom is 0.273 e. The molecule has 0 unspecified atom stereocenters. The number of phenols is 1. The number of anilines is 1. The molecule has 2 atom stereocenters. The van der Waals surface area contributed by atoms with Gasteiger partial charge in [0.15, 0.2) is 5.71 Å². The number of methoxy groups -OCH3 is 1. The highest BCUT2D eigenvalue weighted by atomic mass is 35.5. The molecular weight excluding hydrogens is 384 g/mol. The lowest BCUT2D eigenvalue weighted by molar-refractivity contribution is -0.110. The van der Waals surface area contributed by atoms with Crippen LogP contribution in [0.25, 0.3) is 0 Å². The van der Waals surface area contributed by atoms with Crippen LogP contribution >= 0.6 is 11.6 Å². The number of hydrogen-bond acceptors (Lipinski definition) is 7. The van der Waals surface area contributed by atoms with Crippen molar-refractivity contribution in [2.24, 2.45) is 11.1 Å². The summed E-state index contributed by atoms with van der Waals surface area (Å²) < 4.78 is 5.12. The number of rotatable bonds is 5. The quantitative estimate of drug-likeness (QED) is 0.796. The van der Waals surface area contributed by atoms with E-state index in [9.17, 15) is 9.90 Å². The molecule has 4 rings (SSSR count). The smallest absolute Gasteiger partial charge is 0.273 e. The van der Waals surface area contributed by atoms with E-state index in [-0.39, 0.29) is 23.7 Å². The summed E-state index contributed by atoms with van der Waals surface area (Å²) in [7, 11) is 1.54. The van der Waals surface area contributed by atoms with E-state index in [1.54, 1.807) is 30.6 Å². The minimum atomic E-state index is -0.308. The Morgan fingerprint density at radius 2 is 2.25 bits per heavy atom. The first kappa shape index (κ1) is 18.5. The van der Waals surface area contributed by atoms with Crippen LogP contribution in [0.15, 0.2) is 41.8 Å². The number of hydrogen-bond donors (Lipinski definition) is 2. The SMILES string of the molecule is COc1cncc(NC(=O)C2=NO[C@@H]3CN(Cc4ccc(O)c(Cl)c4)C[C@H]23)c1. The highest BCUT2D eigenvalue weighted by Crippen LogP contribution is 2.30. The van der Waals surface area contributed by atoms with Gasteiger partial charge in [-0.05, 0) is 17.7 Å². The summed E-state index contributed by atoms with van der Waals surface area (Å²) in [5.74, 6) is 0.202. The van der Waals surface area contributed by atoms with E-state index < -0.39 is 0 Å². The second kappa shape index (κ2) is 7.65. The van der Waals surface area contributed by atoms with Gasteiger partial charge in [-0.15, -0.1) is 0 Å². The van der Waals surface area contributed by atoms with Crippen molar-refractivity contribution in [3.63, 3.8) is 0 Å². The molecule has 9 heteroatoms. The third-order valence-electron chi connectivity index (χ3n) is 4.84. The first-order chi connectivity index (χ1) is 13.5. The summed E-state index contributed by atoms with van der Waals surface area (Å²) >= 11 is 5.98. The summed E-state index contributed by atoms with van der Waals surface area (Å²) in [4.78, 5) is 24.3. The monoisotopic (exact) mass is 402 g/mol. The molecule has 8 nitrogen and oxygen atoms in total. The Morgan fingerprint density at radius 3 is 3.04 bits per heavy atom. The Kier molecular flexibility index (Phi) is 5.06. The van der Waals surface area contributed by atoms with Crippen molar-refractivity contribution in [1.29, 1.82) is 0 Å². The lowest BCUT2D eigenvalue weighted by Crippen LogP contribution is -2.32. The van der Waals surface area contributed by atoms with Crippen LogP contribution in [0.5, 0.6) is 11.5 Å². The van der Waals surface area contributed by atoms with E-state index in [2.05, 4.69) is 20.4 Å². The zero-order valence-electron chi connectivity index (χ0n) is 15.1. The summed E-state index contributed by atoms with van der Waals surface area (Å²) in [6.45, 7) is 1.95. The summed E-state index contributed by atoms with van der Waals surface area (Å²) in [6.07, 6.45) is 2.95. The van der Waals surface area contributed by atoms with Gasteiger partial charge in [-0.1, -0.05) is 22.8 Å². The number of oxime groups is 1. The second-order valence-electron chi connectivity index (χ2n) is 6.77. The van der Waals surface area contributed by atoms with E-state index in [1.807, 2.05) is 6.07 Å². The second-order valence-corrected chi connectivity index (χ2v) is 7.18. The number of pyridine rings is 1. The number of benzene rings is 1. The molecule has 2 N–H and O–H groups in total. The molecule has 0 bridgehead atoms. The number of nitrogens with one attached hydrogen (secondary N) is 1. The minimum absolute atomic E-state index is 0.0603. The molecular formula is C19H19ClN4O4. The van der Waals surface area contributed by atoms with Gasteiger partial charge in [0.05, 0.1) is 36.1 Å². The first-order valence-corrected chi connectivity index (χ1v) is 9.15. The van der Waals surface area contributed by atoms with Gasteiger partial charge in [0.1, 0.15) is 17.6 Å². The summed E-state index contributed by atoms with van der Waals surface area (Å²) in [6, 6.07) is 6.83. The molecule has 2 aliphatic rings. The predicted molar refractivity (Wildman–Crippen MR) is 104 cm³/mol. The first-order valence-electron chi connectivity index (χ1n) is 8.77. The van der Waals surface area contributed by atoms with Gasteiger partial charge in [0.2, 0.25) is 0 Å². The summed E-state index contributed by atoms with van der Waals surface area (Å²) in [5.41, 5.74) is 1.89. The molecule has 2 aliphatic heterocycles. The molecule has 0 spiro atoms. The van der Waals surface area contributed by atoms with Crippen LogP contribution in [0.3, 0.4) is 0 Å². The third kappa shape index (κ3) is 3.74. The molecule has 28 heavy (non-hydrogen) atoms. The van der Waals surface area contributed by atoms with Crippen LogP contribution in [0.1, 0.15) is 5.56 Å². The van der Waals surface area contributed by atoms with Gasteiger partial charge in [-0.2, -0.15) is 0 Å². The number of nitrogens with zero attached hydrogens (tertiary/aromatic N) is 3. The molecule has 0 radical (unpaired) electrons. The fraction of sp³-hybridized carbons (Fsp3) is 0.316. The van der Waals surface area contributed by atoms with Crippen LogP contribution < -0.4 is 10.1 Å². The van der Waals surface area contributed by atoms with Crippen molar-refractivity contribution in [2.45, 2.75) is 12.6 Å². The maximum absolute atomic E-state index is 12.6. The highest BCUT2D eigenvalue weighted by molar-refractivity contribution is 6.44. The van der Waals surface area contributed by atoms with Gasteiger partial charge in [0, 0.05) is 25.7 Å². The fourth-order valence-electron chi connectivity index (χ4n) is 3.45. The molecule has 1 aromatic carbocycles. The van der Waals surface area contributed by atoms with Crippen molar-refractivity contribution in [1.82, 2.24) is 9.88 Å². The Balaban J connectivity index is 1.40. The van der Waals surface area contributed by atoms with Crippen molar-refractivity contribution < 1.29 is 19.5 Å². The molecule has 2 aromatic rings. The number of aromatic hydroxyl groups is 1.